The Morgan fingerprint density at radius 3 is 2.50 bits per heavy atom. The summed E-state index contributed by atoms with van der Waals surface area (Å²) in [7, 11) is 0. The average molecular weight is 305 g/mol. The van der Waals surface area contributed by atoms with Crippen molar-refractivity contribution in [3.63, 3.8) is 0 Å². The standard InChI is InChI=1S/C16H23N3O3/c1-12(15(20)21)17-16(22)18-14-7-9-19(10-8-14)11-13-5-3-2-4-6-13/h2-6,12,14H,7-11H2,1H3,(H,20,21)(H2,17,18,22). The SMILES string of the molecule is CC(NC(=O)NC1CCN(Cc2ccccc2)CC1)C(=O)O. The first-order valence-electron chi connectivity index (χ1n) is 7.60. The van der Waals surface area contributed by atoms with E-state index in [2.05, 4.69) is 27.7 Å². The number of nitrogens with zero attached hydrogens (tertiary/aromatic N) is 1. The highest BCUT2D eigenvalue weighted by Gasteiger charge is 2.22. The molecule has 2 amide bonds. The minimum atomic E-state index is -1.03. The second-order valence-electron chi connectivity index (χ2n) is 5.71. The molecule has 0 spiro atoms. The van der Waals surface area contributed by atoms with Gasteiger partial charge in [0.15, 0.2) is 0 Å². The van der Waals surface area contributed by atoms with Crippen LogP contribution >= 0.6 is 0 Å². The van der Waals surface area contributed by atoms with Gasteiger partial charge in [-0.1, -0.05) is 30.3 Å². The fourth-order valence-corrected chi connectivity index (χ4v) is 2.56. The van der Waals surface area contributed by atoms with Crippen molar-refractivity contribution >= 4 is 12.0 Å². The van der Waals surface area contributed by atoms with E-state index in [1.54, 1.807) is 0 Å². The number of carboxylic acid groups (broad SMARTS) is 1. The van der Waals surface area contributed by atoms with Gasteiger partial charge in [-0.25, -0.2) is 4.79 Å². The van der Waals surface area contributed by atoms with Gasteiger partial charge in [-0.3, -0.25) is 9.69 Å². The van der Waals surface area contributed by atoms with E-state index in [0.29, 0.717) is 0 Å². The maximum absolute atomic E-state index is 11.7. The molecular formula is C16H23N3O3. The molecule has 1 heterocycles. The number of carbonyl (C=O) groups is 2. The number of carbonyl (C=O) groups excluding carboxylic acids is 1. The third-order valence-corrected chi connectivity index (χ3v) is 3.89. The molecule has 0 radical (unpaired) electrons. The normalized spacial score (nSPS) is 17.7. The molecule has 0 saturated carbocycles. The Hall–Kier alpha value is -2.08. The van der Waals surface area contributed by atoms with Crippen molar-refractivity contribution in [2.75, 3.05) is 13.1 Å². The number of carboxylic acids is 1. The van der Waals surface area contributed by atoms with E-state index in [0.717, 1.165) is 32.5 Å². The molecule has 1 saturated heterocycles. The van der Waals surface area contributed by atoms with Gasteiger partial charge in [0.05, 0.1) is 0 Å². The molecule has 6 nitrogen and oxygen atoms in total. The molecule has 2 rings (SSSR count). The fourth-order valence-electron chi connectivity index (χ4n) is 2.56. The van der Waals surface area contributed by atoms with Crippen molar-refractivity contribution in [3.8, 4) is 0 Å². The molecule has 22 heavy (non-hydrogen) atoms. The lowest BCUT2D eigenvalue weighted by Crippen LogP contribution is -2.50. The van der Waals surface area contributed by atoms with E-state index in [9.17, 15) is 9.59 Å². The summed E-state index contributed by atoms with van der Waals surface area (Å²) >= 11 is 0. The first kappa shape index (κ1) is 16.3. The zero-order valence-corrected chi connectivity index (χ0v) is 12.8. The molecule has 0 aliphatic carbocycles. The van der Waals surface area contributed by atoms with E-state index in [1.165, 1.54) is 12.5 Å². The number of amides is 2. The predicted octanol–water partition coefficient (Wildman–Crippen LogP) is 1.42. The number of likely N-dealkylation sites (tertiary alicyclic amines) is 1. The van der Waals surface area contributed by atoms with Gasteiger partial charge in [0.2, 0.25) is 0 Å². The molecule has 6 heteroatoms. The van der Waals surface area contributed by atoms with Gasteiger partial charge in [-0.05, 0) is 25.3 Å². The van der Waals surface area contributed by atoms with Crippen molar-refractivity contribution in [2.45, 2.75) is 38.4 Å². The van der Waals surface area contributed by atoms with Gasteiger partial charge in [0.1, 0.15) is 6.04 Å². The number of rotatable bonds is 5. The van der Waals surface area contributed by atoms with Crippen LogP contribution in [0.25, 0.3) is 0 Å². The summed E-state index contributed by atoms with van der Waals surface area (Å²) in [5.74, 6) is -1.03. The van der Waals surface area contributed by atoms with Gasteiger partial charge in [0, 0.05) is 25.7 Å². The van der Waals surface area contributed by atoms with Crippen LogP contribution < -0.4 is 10.6 Å². The number of hydrogen-bond donors (Lipinski definition) is 3. The third-order valence-electron chi connectivity index (χ3n) is 3.89. The summed E-state index contributed by atoms with van der Waals surface area (Å²) in [6, 6.07) is 9.14. The number of aliphatic carboxylic acids is 1. The maximum atomic E-state index is 11.7. The first-order chi connectivity index (χ1) is 10.5. The predicted molar refractivity (Wildman–Crippen MR) is 83.5 cm³/mol. The molecule has 0 bridgehead atoms. The highest BCUT2D eigenvalue weighted by Crippen LogP contribution is 2.13. The third kappa shape index (κ3) is 5.04. The lowest BCUT2D eigenvalue weighted by atomic mass is 10.0. The summed E-state index contributed by atoms with van der Waals surface area (Å²) in [6.45, 7) is 4.23. The summed E-state index contributed by atoms with van der Waals surface area (Å²) in [5, 5.41) is 14.0. The molecule has 0 aromatic heterocycles. The molecule has 1 aromatic carbocycles. The zero-order valence-electron chi connectivity index (χ0n) is 12.8. The van der Waals surface area contributed by atoms with Crippen molar-refractivity contribution < 1.29 is 14.7 Å². The van der Waals surface area contributed by atoms with Gasteiger partial charge < -0.3 is 15.7 Å². The van der Waals surface area contributed by atoms with Crippen LogP contribution in [-0.4, -0.2) is 47.2 Å². The van der Waals surface area contributed by atoms with Crippen LogP contribution in [0.3, 0.4) is 0 Å². The summed E-state index contributed by atoms with van der Waals surface area (Å²) in [6.07, 6.45) is 1.75. The second-order valence-corrected chi connectivity index (χ2v) is 5.71. The van der Waals surface area contributed by atoms with Crippen LogP contribution in [-0.2, 0) is 11.3 Å². The number of benzene rings is 1. The number of nitrogens with one attached hydrogen (secondary N) is 2. The molecular weight excluding hydrogens is 282 g/mol. The van der Waals surface area contributed by atoms with E-state index in [4.69, 9.17) is 5.11 Å². The molecule has 1 fully saturated rings. The highest BCUT2D eigenvalue weighted by atomic mass is 16.4. The van der Waals surface area contributed by atoms with Gasteiger partial charge in [0.25, 0.3) is 0 Å². The van der Waals surface area contributed by atoms with Gasteiger partial charge >= 0.3 is 12.0 Å². The van der Waals surface area contributed by atoms with E-state index >= 15 is 0 Å². The molecule has 1 unspecified atom stereocenters. The Balaban J connectivity index is 1.71. The van der Waals surface area contributed by atoms with Crippen LogP contribution in [0.2, 0.25) is 0 Å². The van der Waals surface area contributed by atoms with Crippen molar-refractivity contribution in [3.05, 3.63) is 35.9 Å². The Morgan fingerprint density at radius 1 is 1.27 bits per heavy atom. The Kier molecular flexibility index (Phi) is 5.77. The van der Waals surface area contributed by atoms with Crippen molar-refractivity contribution in [2.24, 2.45) is 0 Å². The molecule has 120 valence electrons. The number of piperidine rings is 1. The minimum absolute atomic E-state index is 0.105. The van der Waals surface area contributed by atoms with E-state index < -0.39 is 18.0 Å². The van der Waals surface area contributed by atoms with E-state index in [1.807, 2.05) is 18.2 Å². The smallest absolute Gasteiger partial charge is 0.325 e. The van der Waals surface area contributed by atoms with E-state index in [-0.39, 0.29) is 6.04 Å². The molecule has 1 aromatic rings. The molecule has 1 atom stereocenters. The Morgan fingerprint density at radius 2 is 1.91 bits per heavy atom. The van der Waals surface area contributed by atoms with Gasteiger partial charge in [-0.2, -0.15) is 0 Å². The molecule has 1 aliphatic rings. The Bertz CT molecular complexity index is 499. The largest absolute Gasteiger partial charge is 0.480 e. The molecule has 1 aliphatic heterocycles. The van der Waals surface area contributed by atoms with Crippen LogP contribution in [0.15, 0.2) is 30.3 Å². The fraction of sp³-hybridized carbons (Fsp3) is 0.500. The van der Waals surface area contributed by atoms with Crippen LogP contribution in [0.1, 0.15) is 25.3 Å². The monoisotopic (exact) mass is 305 g/mol. The highest BCUT2D eigenvalue weighted by molar-refractivity contribution is 5.82. The maximum Gasteiger partial charge on any atom is 0.325 e. The van der Waals surface area contributed by atoms with Crippen molar-refractivity contribution in [1.82, 2.24) is 15.5 Å². The summed E-state index contributed by atoms with van der Waals surface area (Å²) < 4.78 is 0. The number of urea groups is 1. The van der Waals surface area contributed by atoms with Crippen LogP contribution in [0, 0.1) is 0 Å². The zero-order chi connectivity index (χ0) is 15.9. The summed E-state index contributed by atoms with van der Waals surface area (Å²) in [5.41, 5.74) is 1.29. The summed E-state index contributed by atoms with van der Waals surface area (Å²) in [4.78, 5) is 24.8. The number of hydrogen-bond acceptors (Lipinski definition) is 3. The average Bonchev–Trinajstić information content (AvgIpc) is 2.50. The lowest BCUT2D eigenvalue weighted by molar-refractivity contribution is -0.138. The van der Waals surface area contributed by atoms with Gasteiger partial charge in [-0.15, -0.1) is 0 Å². The Labute approximate surface area is 130 Å². The van der Waals surface area contributed by atoms with Crippen LogP contribution in [0.5, 0.6) is 0 Å². The lowest BCUT2D eigenvalue weighted by Gasteiger charge is -2.32. The quantitative estimate of drug-likeness (QED) is 0.768. The molecule has 3 N–H and O–H groups in total. The topological polar surface area (TPSA) is 81.7 Å². The second kappa shape index (κ2) is 7.79. The minimum Gasteiger partial charge on any atom is -0.480 e. The first-order valence-corrected chi connectivity index (χ1v) is 7.60. The van der Waals surface area contributed by atoms with Crippen LogP contribution in [0.4, 0.5) is 4.79 Å². The van der Waals surface area contributed by atoms with Crippen molar-refractivity contribution in [1.29, 1.82) is 0 Å².